The van der Waals surface area contributed by atoms with Gasteiger partial charge in [-0.1, -0.05) is 30.7 Å². The number of hydrogen-bond acceptors (Lipinski definition) is 2. The number of aromatic hydroxyl groups is 1. The quantitative estimate of drug-likeness (QED) is 0.626. The van der Waals surface area contributed by atoms with E-state index in [0.29, 0.717) is 11.6 Å². The minimum Gasteiger partial charge on any atom is -0.508 e. The number of aryl methyl sites for hydroxylation is 1. The van der Waals surface area contributed by atoms with Gasteiger partial charge in [-0.25, -0.2) is 9.55 Å². The van der Waals surface area contributed by atoms with Crippen LogP contribution < -0.4 is 9.88 Å². The number of para-hydroxylation sites is 2. The van der Waals surface area contributed by atoms with Crippen LogP contribution in [0.15, 0.2) is 42.5 Å². The minimum atomic E-state index is 0.245. The fourth-order valence-electron chi connectivity index (χ4n) is 2.60. The van der Waals surface area contributed by atoms with E-state index in [9.17, 15) is 5.11 Å². The van der Waals surface area contributed by atoms with Crippen LogP contribution in [0, 0.1) is 0 Å². The second-order valence-corrected chi connectivity index (χ2v) is 5.71. The molecular weight excluding hydrogens is 298 g/mol. The van der Waals surface area contributed by atoms with Gasteiger partial charge in [0.2, 0.25) is 0 Å². The molecule has 5 heteroatoms. The van der Waals surface area contributed by atoms with E-state index < -0.39 is 0 Å². The standard InChI is InChI=1S/C17H18ClN3O/c1-2-9-21-15-6-4-3-5-14(15)20-17(21)19-11-12-10-13(18)7-8-16(12)22/h3-8,10H,2,9,11H2,1H3,(H2,19,20,22)/p+1. The molecule has 4 nitrogen and oxygen atoms in total. The summed E-state index contributed by atoms with van der Waals surface area (Å²) in [6.45, 7) is 3.58. The van der Waals surface area contributed by atoms with Gasteiger partial charge in [0.1, 0.15) is 16.8 Å². The third-order valence-electron chi connectivity index (χ3n) is 3.65. The molecule has 3 N–H and O–H groups in total. The molecule has 0 aliphatic rings. The highest BCUT2D eigenvalue weighted by molar-refractivity contribution is 6.30. The topological polar surface area (TPSA) is 51.9 Å². The molecule has 1 aromatic heterocycles. The summed E-state index contributed by atoms with van der Waals surface area (Å²) >= 11 is 5.99. The van der Waals surface area contributed by atoms with Gasteiger partial charge in [0.15, 0.2) is 0 Å². The van der Waals surface area contributed by atoms with Gasteiger partial charge in [0, 0.05) is 10.6 Å². The van der Waals surface area contributed by atoms with Crippen molar-refractivity contribution in [1.82, 2.24) is 4.98 Å². The molecule has 0 unspecified atom stereocenters. The third kappa shape index (κ3) is 2.88. The lowest BCUT2D eigenvalue weighted by atomic mass is 10.2. The number of anilines is 1. The van der Waals surface area contributed by atoms with Crippen molar-refractivity contribution in [3.63, 3.8) is 0 Å². The highest BCUT2D eigenvalue weighted by Crippen LogP contribution is 2.22. The number of aromatic amines is 1. The Kier molecular flexibility index (Phi) is 4.20. The molecule has 3 rings (SSSR count). The monoisotopic (exact) mass is 316 g/mol. The number of hydrogen-bond donors (Lipinski definition) is 3. The van der Waals surface area contributed by atoms with Crippen molar-refractivity contribution < 1.29 is 9.67 Å². The molecule has 0 spiro atoms. The van der Waals surface area contributed by atoms with Crippen molar-refractivity contribution >= 4 is 28.6 Å². The maximum absolute atomic E-state index is 9.91. The molecule has 0 amide bonds. The van der Waals surface area contributed by atoms with E-state index in [1.807, 2.05) is 12.1 Å². The molecule has 0 atom stereocenters. The van der Waals surface area contributed by atoms with Crippen LogP contribution in [-0.2, 0) is 13.1 Å². The van der Waals surface area contributed by atoms with E-state index in [-0.39, 0.29) is 5.75 Å². The van der Waals surface area contributed by atoms with E-state index in [0.717, 1.165) is 30.0 Å². The molecule has 0 fully saturated rings. The Labute approximate surface area is 134 Å². The van der Waals surface area contributed by atoms with Gasteiger partial charge in [-0.05, 0) is 36.8 Å². The van der Waals surface area contributed by atoms with Crippen molar-refractivity contribution in [2.24, 2.45) is 0 Å². The fourth-order valence-corrected chi connectivity index (χ4v) is 2.80. The highest BCUT2D eigenvalue weighted by Gasteiger charge is 2.16. The minimum absolute atomic E-state index is 0.245. The van der Waals surface area contributed by atoms with Gasteiger partial charge in [-0.15, -0.1) is 0 Å². The van der Waals surface area contributed by atoms with Crippen LogP contribution in [0.4, 0.5) is 5.95 Å². The van der Waals surface area contributed by atoms with Gasteiger partial charge in [-0.3, -0.25) is 5.32 Å². The molecule has 3 aromatic rings. The normalized spacial score (nSPS) is 11.0. The van der Waals surface area contributed by atoms with Crippen LogP contribution in [-0.4, -0.2) is 10.1 Å². The summed E-state index contributed by atoms with van der Waals surface area (Å²) in [5.74, 6) is 1.18. The van der Waals surface area contributed by atoms with E-state index in [2.05, 4.69) is 33.9 Å². The molecule has 1 heterocycles. The maximum atomic E-state index is 9.91. The number of halogens is 1. The number of fused-ring (bicyclic) bond motifs is 1. The lowest BCUT2D eigenvalue weighted by Gasteiger charge is -2.05. The summed E-state index contributed by atoms with van der Waals surface area (Å²) in [5.41, 5.74) is 3.03. The maximum Gasteiger partial charge on any atom is 0.356 e. The van der Waals surface area contributed by atoms with E-state index in [4.69, 9.17) is 11.6 Å². The number of phenolic OH excluding ortho intramolecular Hbond substituents is 1. The molecule has 0 saturated heterocycles. The van der Waals surface area contributed by atoms with Crippen molar-refractivity contribution in [3.8, 4) is 5.75 Å². The Morgan fingerprint density at radius 1 is 1.23 bits per heavy atom. The average Bonchev–Trinajstić information content (AvgIpc) is 2.87. The zero-order valence-electron chi connectivity index (χ0n) is 12.4. The fraction of sp³-hybridized carbons (Fsp3) is 0.235. The van der Waals surface area contributed by atoms with Crippen molar-refractivity contribution in [2.75, 3.05) is 5.32 Å². The van der Waals surface area contributed by atoms with Crippen molar-refractivity contribution in [2.45, 2.75) is 26.4 Å². The number of nitrogens with one attached hydrogen (secondary N) is 2. The van der Waals surface area contributed by atoms with Crippen LogP contribution in [0.5, 0.6) is 5.75 Å². The van der Waals surface area contributed by atoms with Crippen molar-refractivity contribution in [3.05, 3.63) is 53.1 Å². The average molecular weight is 317 g/mol. The number of H-pyrrole nitrogens is 1. The van der Waals surface area contributed by atoms with Crippen LogP contribution in [0.3, 0.4) is 0 Å². The predicted octanol–water partition coefficient (Wildman–Crippen LogP) is 3.84. The molecule has 114 valence electrons. The summed E-state index contributed by atoms with van der Waals surface area (Å²) in [5, 5.41) is 13.9. The van der Waals surface area contributed by atoms with E-state index in [1.165, 1.54) is 5.52 Å². The number of benzene rings is 2. The molecule has 0 bridgehead atoms. The lowest BCUT2D eigenvalue weighted by Crippen LogP contribution is -2.35. The molecule has 0 aliphatic heterocycles. The molecule has 0 aliphatic carbocycles. The van der Waals surface area contributed by atoms with Gasteiger partial charge < -0.3 is 5.11 Å². The SMILES string of the molecule is CCC[n+]1c(NCc2cc(Cl)ccc2O)[nH]c2ccccc21. The molecule has 2 aromatic carbocycles. The first-order valence-corrected chi connectivity index (χ1v) is 7.78. The van der Waals surface area contributed by atoms with Crippen LogP contribution in [0.1, 0.15) is 18.9 Å². The molecular formula is C17H19ClN3O+. The zero-order chi connectivity index (χ0) is 15.5. The first kappa shape index (κ1) is 14.7. The van der Waals surface area contributed by atoms with E-state index >= 15 is 0 Å². The highest BCUT2D eigenvalue weighted by atomic mass is 35.5. The lowest BCUT2D eigenvalue weighted by molar-refractivity contribution is -0.657. The van der Waals surface area contributed by atoms with Crippen LogP contribution in [0.25, 0.3) is 11.0 Å². The van der Waals surface area contributed by atoms with E-state index in [1.54, 1.807) is 18.2 Å². The molecule has 22 heavy (non-hydrogen) atoms. The Balaban J connectivity index is 1.90. The number of imidazole rings is 1. The Bertz CT molecular complexity index is 798. The van der Waals surface area contributed by atoms with Crippen LogP contribution >= 0.6 is 11.6 Å². The van der Waals surface area contributed by atoms with Gasteiger partial charge in [0.25, 0.3) is 0 Å². The second kappa shape index (κ2) is 6.28. The first-order valence-electron chi connectivity index (χ1n) is 7.41. The smallest absolute Gasteiger partial charge is 0.356 e. The summed E-state index contributed by atoms with van der Waals surface area (Å²) in [6, 6.07) is 13.3. The van der Waals surface area contributed by atoms with Gasteiger partial charge in [-0.2, -0.15) is 0 Å². The summed E-state index contributed by atoms with van der Waals surface area (Å²) in [7, 11) is 0. The first-order chi connectivity index (χ1) is 10.7. The van der Waals surface area contributed by atoms with Gasteiger partial charge >= 0.3 is 5.95 Å². The second-order valence-electron chi connectivity index (χ2n) is 5.27. The molecule has 0 saturated carbocycles. The van der Waals surface area contributed by atoms with Crippen LogP contribution in [0.2, 0.25) is 5.02 Å². The zero-order valence-corrected chi connectivity index (χ0v) is 13.2. The number of nitrogens with zero attached hydrogens (tertiary/aromatic N) is 1. The Morgan fingerprint density at radius 3 is 2.86 bits per heavy atom. The third-order valence-corrected chi connectivity index (χ3v) is 3.89. The predicted molar refractivity (Wildman–Crippen MR) is 89.2 cm³/mol. The summed E-state index contributed by atoms with van der Waals surface area (Å²) in [6.07, 6.45) is 1.05. The number of rotatable bonds is 5. The van der Waals surface area contributed by atoms with Gasteiger partial charge in [0.05, 0.1) is 13.1 Å². The summed E-state index contributed by atoms with van der Waals surface area (Å²) in [4.78, 5) is 3.39. The summed E-state index contributed by atoms with van der Waals surface area (Å²) < 4.78 is 2.22. The Morgan fingerprint density at radius 2 is 2.05 bits per heavy atom. The number of phenols is 1. The molecule has 0 radical (unpaired) electrons. The van der Waals surface area contributed by atoms with Crippen molar-refractivity contribution in [1.29, 1.82) is 0 Å². The number of aromatic nitrogens is 2. The Hall–Kier alpha value is -2.20. The largest absolute Gasteiger partial charge is 0.508 e.